The zero-order valence-electron chi connectivity index (χ0n) is 11.2. The first kappa shape index (κ1) is 14.6. The molecule has 1 N–H and O–H groups in total. The van der Waals surface area contributed by atoms with E-state index >= 15 is 0 Å². The van der Waals surface area contributed by atoms with Crippen molar-refractivity contribution in [3.63, 3.8) is 0 Å². The van der Waals surface area contributed by atoms with Crippen LogP contribution >= 0.6 is 23.2 Å². The molecule has 2 aromatic rings. The molecule has 1 fully saturated rings. The largest absolute Gasteiger partial charge is 0.457 e. The van der Waals surface area contributed by atoms with Crippen LogP contribution in [0.1, 0.15) is 18.4 Å². The quantitative estimate of drug-likeness (QED) is 0.818. The highest BCUT2D eigenvalue weighted by Gasteiger charge is 2.20. The summed E-state index contributed by atoms with van der Waals surface area (Å²) in [6.45, 7) is 0.634. The number of nitrogens with one attached hydrogen (secondary N) is 1. The van der Waals surface area contributed by atoms with Gasteiger partial charge in [-0.1, -0.05) is 23.2 Å². The summed E-state index contributed by atoms with van der Waals surface area (Å²) >= 11 is 11.8. The summed E-state index contributed by atoms with van der Waals surface area (Å²) in [4.78, 5) is 0. The molecule has 0 heterocycles. The Labute approximate surface area is 132 Å². The molecule has 0 spiro atoms. The Balaban J connectivity index is 1.76. The molecule has 1 aliphatic carbocycles. The van der Waals surface area contributed by atoms with Gasteiger partial charge in [0.2, 0.25) is 0 Å². The van der Waals surface area contributed by atoms with Gasteiger partial charge in [-0.3, -0.25) is 0 Å². The van der Waals surface area contributed by atoms with Gasteiger partial charge in [-0.25, -0.2) is 4.39 Å². The lowest BCUT2D eigenvalue weighted by molar-refractivity contribution is 0.475. The monoisotopic (exact) mass is 325 g/mol. The van der Waals surface area contributed by atoms with Crippen LogP contribution in [-0.4, -0.2) is 6.04 Å². The van der Waals surface area contributed by atoms with Crippen molar-refractivity contribution in [3.05, 3.63) is 57.8 Å². The van der Waals surface area contributed by atoms with E-state index in [0.29, 0.717) is 34.1 Å². The Bertz CT molecular complexity index is 638. The highest BCUT2D eigenvalue weighted by atomic mass is 35.5. The van der Waals surface area contributed by atoms with Crippen molar-refractivity contribution in [3.8, 4) is 11.5 Å². The number of hydrogen-bond acceptors (Lipinski definition) is 2. The molecule has 0 atom stereocenters. The second-order valence-electron chi connectivity index (χ2n) is 5.16. The third-order valence-corrected chi connectivity index (χ3v) is 3.61. The highest BCUT2D eigenvalue weighted by Crippen LogP contribution is 2.29. The van der Waals surface area contributed by atoms with Crippen LogP contribution < -0.4 is 10.1 Å². The van der Waals surface area contributed by atoms with Gasteiger partial charge in [-0.05, 0) is 48.7 Å². The van der Waals surface area contributed by atoms with Crippen LogP contribution in [0.4, 0.5) is 4.39 Å². The van der Waals surface area contributed by atoms with Crippen molar-refractivity contribution in [2.24, 2.45) is 0 Å². The van der Waals surface area contributed by atoms with Crippen LogP contribution in [0.2, 0.25) is 10.0 Å². The molecular weight excluding hydrogens is 312 g/mol. The number of rotatable bonds is 5. The number of ether oxygens (including phenoxy) is 1. The molecule has 3 rings (SSSR count). The second-order valence-corrected chi connectivity index (χ2v) is 6.03. The molecular formula is C16H14Cl2FNO. The predicted octanol–water partition coefficient (Wildman–Crippen LogP) is 5.18. The average molecular weight is 326 g/mol. The maximum absolute atomic E-state index is 13.7. The Morgan fingerprint density at radius 1 is 1.00 bits per heavy atom. The lowest BCUT2D eigenvalue weighted by atomic mass is 10.2. The summed E-state index contributed by atoms with van der Waals surface area (Å²) in [6, 6.07) is 10.1. The minimum absolute atomic E-state index is 0.326. The molecule has 0 bridgehead atoms. The van der Waals surface area contributed by atoms with Gasteiger partial charge in [-0.15, -0.1) is 0 Å². The Kier molecular flexibility index (Phi) is 4.34. The first-order valence-electron chi connectivity index (χ1n) is 6.75. The van der Waals surface area contributed by atoms with Crippen LogP contribution in [0, 0.1) is 5.82 Å². The fraction of sp³-hybridized carbons (Fsp3) is 0.250. The van der Waals surface area contributed by atoms with Gasteiger partial charge >= 0.3 is 0 Å². The normalized spacial score (nSPS) is 14.2. The second kappa shape index (κ2) is 6.22. The molecule has 0 radical (unpaired) electrons. The lowest BCUT2D eigenvalue weighted by Crippen LogP contribution is -2.15. The molecule has 0 aliphatic heterocycles. The standard InChI is InChI=1S/C16H14Cl2FNO/c17-11-5-12(18)7-16(6-11)21-15-4-10(3-13(19)8-15)9-20-14-1-2-14/h3-8,14,20H,1-2,9H2. The number of halogens is 3. The fourth-order valence-electron chi connectivity index (χ4n) is 2.05. The highest BCUT2D eigenvalue weighted by molar-refractivity contribution is 6.34. The zero-order chi connectivity index (χ0) is 14.8. The smallest absolute Gasteiger partial charge is 0.130 e. The summed E-state index contributed by atoms with van der Waals surface area (Å²) in [5, 5.41) is 4.30. The zero-order valence-corrected chi connectivity index (χ0v) is 12.7. The van der Waals surface area contributed by atoms with E-state index in [1.54, 1.807) is 18.2 Å². The molecule has 0 saturated heterocycles. The lowest BCUT2D eigenvalue weighted by Gasteiger charge is -2.10. The minimum Gasteiger partial charge on any atom is -0.457 e. The van der Waals surface area contributed by atoms with Crippen LogP contribution in [0.5, 0.6) is 11.5 Å². The van der Waals surface area contributed by atoms with E-state index < -0.39 is 0 Å². The average Bonchev–Trinajstić information content (AvgIpc) is 3.18. The van der Waals surface area contributed by atoms with Crippen molar-refractivity contribution in [1.82, 2.24) is 5.32 Å². The Hall–Kier alpha value is -1.29. The summed E-state index contributed by atoms with van der Waals surface area (Å²) < 4.78 is 19.3. The SMILES string of the molecule is Fc1cc(CNC2CC2)cc(Oc2cc(Cl)cc(Cl)c2)c1. The summed E-state index contributed by atoms with van der Waals surface area (Å²) in [5.41, 5.74) is 0.852. The third-order valence-electron chi connectivity index (χ3n) is 3.18. The molecule has 2 nitrogen and oxygen atoms in total. The van der Waals surface area contributed by atoms with Crippen LogP contribution in [0.25, 0.3) is 0 Å². The topological polar surface area (TPSA) is 21.3 Å². The Morgan fingerprint density at radius 3 is 2.33 bits per heavy atom. The van der Waals surface area contributed by atoms with E-state index in [1.807, 2.05) is 6.07 Å². The molecule has 0 amide bonds. The molecule has 0 aromatic heterocycles. The molecule has 110 valence electrons. The summed E-state index contributed by atoms with van der Waals surface area (Å²) in [6.07, 6.45) is 2.39. The van der Waals surface area contributed by atoms with E-state index in [-0.39, 0.29) is 5.82 Å². The van der Waals surface area contributed by atoms with Gasteiger partial charge < -0.3 is 10.1 Å². The predicted molar refractivity (Wildman–Crippen MR) is 82.8 cm³/mol. The maximum atomic E-state index is 13.7. The van der Waals surface area contributed by atoms with Crippen LogP contribution in [0.15, 0.2) is 36.4 Å². The fourth-order valence-corrected chi connectivity index (χ4v) is 2.56. The van der Waals surface area contributed by atoms with Crippen LogP contribution in [-0.2, 0) is 6.54 Å². The van der Waals surface area contributed by atoms with Crippen molar-refractivity contribution < 1.29 is 9.13 Å². The van der Waals surface area contributed by atoms with Gasteiger partial charge in [0.25, 0.3) is 0 Å². The first-order valence-corrected chi connectivity index (χ1v) is 7.51. The van der Waals surface area contributed by atoms with Crippen molar-refractivity contribution in [1.29, 1.82) is 0 Å². The molecule has 1 saturated carbocycles. The molecule has 5 heteroatoms. The van der Waals surface area contributed by atoms with Crippen molar-refractivity contribution >= 4 is 23.2 Å². The van der Waals surface area contributed by atoms with E-state index in [1.165, 1.54) is 25.0 Å². The molecule has 1 aliphatic rings. The van der Waals surface area contributed by atoms with E-state index in [2.05, 4.69) is 5.32 Å². The van der Waals surface area contributed by atoms with Gasteiger partial charge in [0.1, 0.15) is 17.3 Å². The third kappa shape index (κ3) is 4.34. The Morgan fingerprint density at radius 2 is 1.67 bits per heavy atom. The maximum Gasteiger partial charge on any atom is 0.130 e. The van der Waals surface area contributed by atoms with Gasteiger partial charge in [0.05, 0.1) is 0 Å². The summed E-state index contributed by atoms with van der Waals surface area (Å²) in [7, 11) is 0. The van der Waals surface area contributed by atoms with Crippen molar-refractivity contribution in [2.75, 3.05) is 0 Å². The minimum atomic E-state index is -0.326. The molecule has 2 aromatic carbocycles. The van der Waals surface area contributed by atoms with Gasteiger partial charge in [0, 0.05) is 28.7 Å². The van der Waals surface area contributed by atoms with Gasteiger partial charge in [-0.2, -0.15) is 0 Å². The molecule has 21 heavy (non-hydrogen) atoms. The van der Waals surface area contributed by atoms with Crippen molar-refractivity contribution in [2.45, 2.75) is 25.4 Å². The van der Waals surface area contributed by atoms with E-state index in [4.69, 9.17) is 27.9 Å². The number of benzene rings is 2. The van der Waals surface area contributed by atoms with E-state index in [9.17, 15) is 4.39 Å². The first-order chi connectivity index (χ1) is 10.1. The van der Waals surface area contributed by atoms with Crippen LogP contribution in [0.3, 0.4) is 0 Å². The number of hydrogen-bond donors (Lipinski definition) is 1. The van der Waals surface area contributed by atoms with E-state index in [0.717, 1.165) is 5.56 Å². The molecule has 0 unspecified atom stereocenters. The van der Waals surface area contributed by atoms with Gasteiger partial charge in [0.15, 0.2) is 0 Å². The summed E-state index contributed by atoms with van der Waals surface area (Å²) in [5.74, 6) is 0.591.